The van der Waals surface area contributed by atoms with Crippen LogP contribution >= 0.6 is 0 Å². The normalized spacial score (nSPS) is 19.7. The third kappa shape index (κ3) is 8.07. The highest BCUT2D eigenvalue weighted by atomic mass is 16.7. The van der Waals surface area contributed by atoms with E-state index in [1.807, 2.05) is 19.9 Å². The molecule has 14 nitrogen and oxygen atoms in total. The van der Waals surface area contributed by atoms with Crippen LogP contribution in [0.25, 0.3) is 27.5 Å². The first-order valence-electron chi connectivity index (χ1n) is 18.9. The van der Waals surface area contributed by atoms with Crippen molar-refractivity contribution in [2.45, 2.75) is 99.4 Å². The number of methoxy groups -OCH3 is 1. The van der Waals surface area contributed by atoms with Gasteiger partial charge in [-0.3, -0.25) is 18.8 Å². The van der Waals surface area contributed by atoms with Gasteiger partial charge in [-0.25, -0.2) is 4.98 Å². The highest BCUT2D eigenvalue weighted by Gasteiger charge is 2.49. The van der Waals surface area contributed by atoms with Crippen LogP contribution in [0.1, 0.15) is 76.9 Å². The van der Waals surface area contributed by atoms with Crippen LogP contribution in [0.3, 0.4) is 0 Å². The molecule has 306 valence electrons. The Morgan fingerprint density at radius 3 is 2.33 bits per heavy atom. The van der Waals surface area contributed by atoms with E-state index in [-0.39, 0.29) is 73.4 Å². The summed E-state index contributed by atoms with van der Waals surface area (Å²) in [7, 11) is 1.49. The Hall–Kier alpha value is -5.44. The number of aryl methyl sites for hydroxylation is 1. The fourth-order valence-corrected chi connectivity index (χ4v) is 7.00. The monoisotopic (exact) mass is 787 g/mol. The third-order valence-electron chi connectivity index (χ3n) is 11.0. The van der Waals surface area contributed by atoms with Gasteiger partial charge in [0, 0.05) is 61.4 Å². The minimum atomic E-state index is -1.91. The van der Waals surface area contributed by atoms with E-state index in [1.165, 1.54) is 34.1 Å². The topological polar surface area (TPSA) is 198 Å². The van der Waals surface area contributed by atoms with Crippen molar-refractivity contribution in [1.29, 1.82) is 0 Å². The Labute approximate surface area is 331 Å². The van der Waals surface area contributed by atoms with E-state index in [4.69, 9.17) is 23.9 Å². The zero-order chi connectivity index (χ0) is 42.3. The molecule has 5 rings (SSSR count). The van der Waals surface area contributed by atoms with E-state index in [2.05, 4.69) is 5.32 Å². The maximum Gasteiger partial charge on any atom is 0.312 e. The number of imidazole rings is 1. The number of anilines is 1. The number of aromatic nitrogens is 2. The Kier molecular flexibility index (Phi) is 12.4. The zero-order valence-electron chi connectivity index (χ0n) is 34.2. The van der Waals surface area contributed by atoms with E-state index in [0.717, 1.165) is 5.56 Å². The number of hydrogen-bond donors (Lipinski definition) is 5. The average Bonchev–Trinajstić information content (AvgIpc) is 3.65. The lowest BCUT2D eigenvalue weighted by Crippen LogP contribution is -2.38. The number of fused-ring (bicyclic) bond motifs is 7. The maximum absolute atomic E-state index is 14.5. The second-order valence-corrected chi connectivity index (χ2v) is 15.2. The van der Waals surface area contributed by atoms with Gasteiger partial charge < -0.3 is 44.7 Å². The first-order chi connectivity index (χ1) is 26.7. The number of aromatic hydroxyl groups is 2. The van der Waals surface area contributed by atoms with Gasteiger partial charge in [0.05, 0.1) is 35.5 Å². The molecular formula is C43H53N3O11. The minimum absolute atomic E-state index is 0.0251. The predicted molar refractivity (Wildman–Crippen MR) is 215 cm³/mol. The number of amides is 1. The number of allylic oxidation sites excluding steroid dienone is 2. The van der Waals surface area contributed by atoms with Crippen LogP contribution in [0.5, 0.6) is 17.2 Å². The van der Waals surface area contributed by atoms with Crippen molar-refractivity contribution in [3.63, 3.8) is 0 Å². The molecule has 2 aromatic carbocycles. The number of ether oxygens (including phenoxy) is 4. The van der Waals surface area contributed by atoms with Crippen molar-refractivity contribution < 1.29 is 53.8 Å². The number of nitrogens with zero attached hydrogens (tertiary/aromatic N) is 2. The molecule has 5 N–H and O–H groups in total. The van der Waals surface area contributed by atoms with Gasteiger partial charge in [0.1, 0.15) is 40.0 Å². The minimum Gasteiger partial charge on any atom is -0.507 e. The molecule has 0 saturated carbocycles. The van der Waals surface area contributed by atoms with E-state index in [0.29, 0.717) is 5.65 Å². The first-order valence-corrected chi connectivity index (χ1v) is 18.9. The smallest absolute Gasteiger partial charge is 0.312 e. The molecule has 4 aromatic rings. The fraction of sp³-hybridized carbons (Fsp3) is 0.442. The number of carbonyl (C=O) groups excluding carboxylic acids is 3. The van der Waals surface area contributed by atoms with Crippen molar-refractivity contribution in [2.24, 2.45) is 17.8 Å². The summed E-state index contributed by atoms with van der Waals surface area (Å²) in [5, 5.41) is 46.9. The summed E-state index contributed by atoms with van der Waals surface area (Å²) in [5.74, 6) is -5.31. The third-order valence-corrected chi connectivity index (χ3v) is 11.0. The lowest BCUT2D eigenvalue weighted by Gasteiger charge is -2.26. The van der Waals surface area contributed by atoms with Crippen LogP contribution in [0.4, 0.5) is 5.69 Å². The van der Waals surface area contributed by atoms with Gasteiger partial charge in [-0.1, -0.05) is 39.0 Å². The molecule has 1 aliphatic rings. The number of esters is 1. The van der Waals surface area contributed by atoms with E-state index in [9.17, 15) is 34.8 Å². The largest absolute Gasteiger partial charge is 0.507 e. The standard InChI is InChI=1S/C43H53N3O11/c1-20-15-17-46-30(19-20)44-34-31-32(39(51)35(36(34)46)45-42(53)22(3)14-12-13-21(2)37(49)23(4)26(7)47)38(50)25(6)40-33(31)41(52)43(10,57-40)55-18-16-29(54-11)24(5)27(8)56-28(9)48/h12-19,21,23-24,26-27,29,37,47,49-51H,1-11H3,(H,45,53)/b13-12+,18-16+,22-14-/t21-,23-,24-,26-,27-,29-,37-,43-/m0/s1. The van der Waals surface area contributed by atoms with Gasteiger partial charge in [-0.05, 0) is 58.4 Å². The summed E-state index contributed by atoms with van der Waals surface area (Å²) in [6, 6.07) is 3.63. The maximum atomic E-state index is 14.5. The summed E-state index contributed by atoms with van der Waals surface area (Å²) >= 11 is 0. The Morgan fingerprint density at radius 2 is 1.70 bits per heavy atom. The molecule has 0 saturated heterocycles. The molecule has 0 radical (unpaired) electrons. The molecule has 0 spiro atoms. The Bertz CT molecular complexity index is 2320. The van der Waals surface area contributed by atoms with Crippen molar-refractivity contribution in [1.82, 2.24) is 9.38 Å². The number of carbonyl (C=O) groups is 3. The van der Waals surface area contributed by atoms with Gasteiger partial charge in [0.15, 0.2) is 5.75 Å². The molecule has 1 aliphatic heterocycles. The average molecular weight is 788 g/mol. The molecule has 1 amide bonds. The number of aliphatic hydroxyl groups excluding tert-OH is 2. The zero-order valence-corrected chi connectivity index (χ0v) is 34.2. The van der Waals surface area contributed by atoms with Gasteiger partial charge in [0.2, 0.25) is 0 Å². The number of phenolic OH excluding ortho intramolecular Hbond substituents is 2. The van der Waals surface area contributed by atoms with Crippen LogP contribution < -0.4 is 10.1 Å². The summed E-state index contributed by atoms with van der Waals surface area (Å²) in [6.07, 6.45) is 6.99. The number of phenols is 2. The van der Waals surface area contributed by atoms with Crippen molar-refractivity contribution in [3.8, 4) is 17.2 Å². The quantitative estimate of drug-likeness (QED) is 0.0304. The summed E-state index contributed by atoms with van der Waals surface area (Å²) in [4.78, 5) is 44.5. The molecule has 57 heavy (non-hydrogen) atoms. The van der Waals surface area contributed by atoms with E-state index in [1.54, 1.807) is 75.6 Å². The van der Waals surface area contributed by atoms with Gasteiger partial charge in [0.25, 0.3) is 11.7 Å². The molecule has 2 aromatic heterocycles. The molecule has 0 fully saturated rings. The highest BCUT2D eigenvalue weighted by Crippen LogP contribution is 2.54. The van der Waals surface area contributed by atoms with Crippen LogP contribution in [0.2, 0.25) is 0 Å². The lowest BCUT2D eigenvalue weighted by molar-refractivity contribution is -0.149. The summed E-state index contributed by atoms with van der Waals surface area (Å²) in [6.45, 7) is 16.5. The molecule has 3 heterocycles. The number of Topliss-reactive ketones (excluding diaryl/α,β-unsaturated/α-hetero) is 1. The van der Waals surface area contributed by atoms with E-state index < -0.39 is 53.6 Å². The number of ketones is 1. The van der Waals surface area contributed by atoms with Gasteiger partial charge >= 0.3 is 11.8 Å². The van der Waals surface area contributed by atoms with Crippen molar-refractivity contribution in [3.05, 3.63) is 71.2 Å². The van der Waals surface area contributed by atoms with E-state index >= 15 is 0 Å². The predicted octanol–water partition coefficient (Wildman–Crippen LogP) is 6.55. The molecule has 0 bridgehead atoms. The highest BCUT2D eigenvalue weighted by molar-refractivity contribution is 6.28. The molecule has 0 unspecified atom stereocenters. The van der Waals surface area contributed by atoms with Crippen molar-refractivity contribution in [2.75, 3.05) is 12.4 Å². The Morgan fingerprint density at radius 1 is 1.02 bits per heavy atom. The first kappa shape index (κ1) is 42.7. The van der Waals surface area contributed by atoms with Crippen LogP contribution in [0, 0.1) is 31.6 Å². The number of rotatable bonds is 14. The summed E-state index contributed by atoms with van der Waals surface area (Å²) in [5.41, 5.74) is 2.19. The molecular weight excluding hydrogens is 734 g/mol. The van der Waals surface area contributed by atoms with Crippen LogP contribution in [-0.2, 0) is 23.8 Å². The van der Waals surface area contributed by atoms with Crippen LogP contribution in [-0.4, -0.2) is 84.8 Å². The van der Waals surface area contributed by atoms with Gasteiger partial charge in [-0.2, -0.15) is 0 Å². The van der Waals surface area contributed by atoms with Gasteiger partial charge in [-0.15, -0.1) is 0 Å². The SMILES string of the molecule is CO[C@@H](/C=C/O[C@@]1(C)Oc2c(C)c(O)c3c(O)c(NC(=O)/C(C)=C\C=C\[C@H](C)[C@H](O)[C@@H](C)[C@H](C)O)c4c(nc5cc(C)ccn54)c3c2C1=O)[C@@H](C)[C@H](C)OC(C)=O. The van der Waals surface area contributed by atoms with Crippen molar-refractivity contribution >= 4 is 50.8 Å². The number of pyridine rings is 1. The fourth-order valence-electron chi connectivity index (χ4n) is 7.00. The lowest BCUT2D eigenvalue weighted by atomic mass is 9.90. The molecule has 8 atom stereocenters. The summed E-state index contributed by atoms with van der Waals surface area (Å²) < 4.78 is 24.7. The molecule has 14 heteroatoms. The van der Waals surface area contributed by atoms with Crippen LogP contribution in [0.15, 0.2) is 54.5 Å². The number of benzene rings is 2. The second-order valence-electron chi connectivity index (χ2n) is 15.2. The molecule has 0 aliphatic carbocycles. The second kappa shape index (κ2) is 16.6. The number of nitrogens with one attached hydrogen (secondary N) is 1. The number of aliphatic hydroxyl groups is 2. The number of hydrogen-bond acceptors (Lipinski definition) is 12. The Balaban J connectivity index is 1.59.